The van der Waals surface area contributed by atoms with E-state index in [1.54, 1.807) is 17.0 Å². The smallest absolute Gasteiger partial charge is 0.335 e. The summed E-state index contributed by atoms with van der Waals surface area (Å²) in [7, 11) is 0. The van der Waals surface area contributed by atoms with Gasteiger partial charge in [0.2, 0.25) is 5.91 Å². The van der Waals surface area contributed by atoms with Gasteiger partial charge in [-0.3, -0.25) is 9.59 Å². The predicted molar refractivity (Wildman–Crippen MR) is 127 cm³/mol. The second-order valence-corrected chi connectivity index (χ2v) is 9.57. The van der Waals surface area contributed by atoms with Crippen LogP contribution in [0, 0.1) is 0 Å². The molecule has 2 N–H and O–H groups in total. The molecule has 1 atom stereocenters. The van der Waals surface area contributed by atoms with Crippen LogP contribution < -0.4 is 10.6 Å². The maximum absolute atomic E-state index is 13.5. The lowest BCUT2D eigenvalue weighted by Gasteiger charge is -2.40. The third-order valence-corrected chi connectivity index (χ3v) is 7.19. The standard InChI is InChI=1S/C26H27F3N4O3/c27-26(28,29)18-6-4-5-16(13-18)17-9-10-21-20(14-17)24(35)33-12-11-32(15-22(33)23(34)31-21)25(36)30-19-7-2-1-3-8-19/h4-6,9-10,13-14,19,22H,1-3,7-8,11-12,15H2,(H,30,36)(H,31,34). The molecule has 7 nitrogen and oxygen atoms in total. The summed E-state index contributed by atoms with van der Waals surface area (Å²) in [4.78, 5) is 42.3. The highest BCUT2D eigenvalue weighted by atomic mass is 19.4. The summed E-state index contributed by atoms with van der Waals surface area (Å²) in [5.74, 6) is -0.793. The number of anilines is 1. The van der Waals surface area contributed by atoms with E-state index < -0.39 is 29.6 Å². The SMILES string of the molecule is O=C1Nc2ccc(-c3cccc(C(F)(F)F)c3)cc2C(=O)N2CCN(C(=O)NC3CCCCC3)CC12. The Balaban J connectivity index is 1.36. The summed E-state index contributed by atoms with van der Waals surface area (Å²) < 4.78 is 39.5. The van der Waals surface area contributed by atoms with E-state index in [2.05, 4.69) is 10.6 Å². The molecule has 2 aromatic rings. The molecule has 4 amide bonds. The Labute approximate surface area is 206 Å². The molecular formula is C26H27F3N4O3. The van der Waals surface area contributed by atoms with E-state index in [-0.39, 0.29) is 37.3 Å². The Kier molecular flexibility index (Phi) is 6.36. The van der Waals surface area contributed by atoms with Gasteiger partial charge in [0.25, 0.3) is 5.91 Å². The van der Waals surface area contributed by atoms with Gasteiger partial charge in [0.15, 0.2) is 0 Å². The van der Waals surface area contributed by atoms with Crippen molar-refractivity contribution in [3.63, 3.8) is 0 Å². The average Bonchev–Trinajstić information content (AvgIpc) is 2.98. The van der Waals surface area contributed by atoms with E-state index in [0.29, 0.717) is 16.8 Å². The number of carbonyl (C=O) groups excluding carboxylic acids is 3. The first-order valence-electron chi connectivity index (χ1n) is 12.2. The Morgan fingerprint density at radius 3 is 2.47 bits per heavy atom. The number of amides is 4. The van der Waals surface area contributed by atoms with Crippen molar-refractivity contribution in [3.8, 4) is 11.1 Å². The number of urea groups is 1. The maximum atomic E-state index is 13.5. The zero-order valence-corrected chi connectivity index (χ0v) is 19.6. The van der Waals surface area contributed by atoms with Crippen molar-refractivity contribution >= 4 is 23.5 Å². The number of nitrogens with zero attached hydrogens (tertiary/aromatic N) is 2. The van der Waals surface area contributed by atoms with E-state index in [9.17, 15) is 27.6 Å². The van der Waals surface area contributed by atoms with Gasteiger partial charge >= 0.3 is 12.2 Å². The third-order valence-electron chi connectivity index (χ3n) is 7.19. The molecule has 0 spiro atoms. The van der Waals surface area contributed by atoms with Crippen molar-refractivity contribution in [2.45, 2.75) is 50.4 Å². The molecule has 1 saturated heterocycles. The van der Waals surface area contributed by atoms with Gasteiger partial charge in [0.05, 0.1) is 23.4 Å². The Bertz CT molecular complexity index is 1190. The first-order chi connectivity index (χ1) is 17.2. The highest BCUT2D eigenvalue weighted by Crippen LogP contribution is 2.34. The van der Waals surface area contributed by atoms with Crippen molar-refractivity contribution in [3.05, 3.63) is 53.6 Å². The lowest BCUT2D eigenvalue weighted by atomic mass is 9.96. The number of benzene rings is 2. The van der Waals surface area contributed by atoms with Crippen molar-refractivity contribution in [2.24, 2.45) is 0 Å². The van der Waals surface area contributed by atoms with E-state index in [4.69, 9.17) is 0 Å². The van der Waals surface area contributed by atoms with Crippen LogP contribution in [-0.2, 0) is 11.0 Å². The molecule has 3 aliphatic rings. The van der Waals surface area contributed by atoms with Crippen LogP contribution in [0.3, 0.4) is 0 Å². The van der Waals surface area contributed by atoms with Crippen LogP contribution in [0.25, 0.3) is 11.1 Å². The van der Waals surface area contributed by atoms with Crippen molar-refractivity contribution in [1.29, 1.82) is 0 Å². The van der Waals surface area contributed by atoms with Gasteiger partial charge in [0, 0.05) is 19.1 Å². The van der Waals surface area contributed by atoms with E-state index >= 15 is 0 Å². The Morgan fingerprint density at radius 1 is 0.972 bits per heavy atom. The Morgan fingerprint density at radius 2 is 1.72 bits per heavy atom. The molecule has 2 fully saturated rings. The van der Waals surface area contributed by atoms with E-state index in [1.807, 2.05) is 0 Å². The lowest BCUT2D eigenvalue weighted by molar-refractivity contribution is -0.137. The number of piperazine rings is 1. The molecule has 0 bridgehead atoms. The number of alkyl halides is 3. The fourth-order valence-electron chi connectivity index (χ4n) is 5.20. The Hall–Kier alpha value is -3.56. The number of hydrogen-bond acceptors (Lipinski definition) is 3. The van der Waals surface area contributed by atoms with Gasteiger partial charge in [-0.2, -0.15) is 13.2 Å². The summed E-state index contributed by atoms with van der Waals surface area (Å²) >= 11 is 0. The molecule has 2 heterocycles. The fraction of sp³-hybridized carbons (Fsp3) is 0.423. The number of hydrogen-bond donors (Lipinski definition) is 2. The number of nitrogens with one attached hydrogen (secondary N) is 2. The van der Waals surface area contributed by atoms with E-state index in [0.717, 1.165) is 37.8 Å². The quantitative estimate of drug-likeness (QED) is 0.638. The highest BCUT2D eigenvalue weighted by Gasteiger charge is 2.41. The molecule has 2 aromatic carbocycles. The zero-order valence-electron chi connectivity index (χ0n) is 19.6. The van der Waals surface area contributed by atoms with Gasteiger partial charge < -0.3 is 20.4 Å². The van der Waals surface area contributed by atoms with Gasteiger partial charge in [-0.25, -0.2) is 4.79 Å². The second kappa shape index (κ2) is 9.48. The van der Waals surface area contributed by atoms with E-state index in [1.165, 1.54) is 29.5 Å². The van der Waals surface area contributed by atoms with Crippen LogP contribution in [0.2, 0.25) is 0 Å². The number of rotatable bonds is 2. The van der Waals surface area contributed by atoms with Crippen molar-refractivity contribution in [1.82, 2.24) is 15.1 Å². The minimum Gasteiger partial charge on any atom is -0.335 e. The van der Waals surface area contributed by atoms with Crippen LogP contribution in [0.15, 0.2) is 42.5 Å². The summed E-state index contributed by atoms with van der Waals surface area (Å²) in [6, 6.07) is 8.57. The normalized spacial score (nSPS) is 20.8. The number of carbonyl (C=O) groups is 3. The molecule has 1 saturated carbocycles. The monoisotopic (exact) mass is 500 g/mol. The molecule has 190 valence electrons. The fourth-order valence-corrected chi connectivity index (χ4v) is 5.20. The molecule has 10 heteroatoms. The topological polar surface area (TPSA) is 81.8 Å². The van der Waals surface area contributed by atoms with Crippen molar-refractivity contribution in [2.75, 3.05) is 25.0 Å². The van der Waals surface area contributed by atoms with Gasteiger partial charge in [-0.1, -0.05) is 37.5 Å². The zero-order chi connectivity index (χ0) is 25.4. The first-order valence-corrected chi connectivity index (χ1v) is 12.2. The number of halogens is 3. The van der Waals surface area contributed by atoms with Crippen LogP contribution in [0.5, 0.6) is 0 Å². The summed E-state index contributed by atoms with van der Waals surface area (Å²) in [5.41, 5.74) is 0.481. The molecule has 1 aliphatic carbocycles. The molecule has 0 aromatic heterocycles. The van der Waals surface area contributed by atoms with Gasteiger partial charge in [-0.15, -0.1) is 0 Å². The summed E-state index contributed by atoms with van der Waals surface area (Å²) in [5, 5.41) is 5.82. The van der Waals surface area contributed by atoms with Crippen LogP contribution in [-0.4, -0.2) is 59.4 Å². The highest BCUT2D eigenvalue weighted by molar-refractivity contribution is 6.10. The molecule has 1 unspecified atom stereocenters. The van der Waals surface area contributed by atoms with Crippen LogP contribution in [0.4, 0.5) is 23.7 Å². The molecule has 36 heavy (non-hydrogen) atoms. The first kappa shape index (κ1) is 24.1. The van der Waals surface area contributed by atoms with Gasteiger partial charge in [0.1, 0.15) is 6.04 Å². The number of fused-ring (bicyclic) bond motifs is 2. The minimum atomic E-state index is -4.48. The van der Waals surface area contributed by atoms with Gasteiger partial charge in [-0.05, 0) is 48.2 Å². The van der Waals surface area contributed by atoms with Crippen LogP contribution >= 0.6 is 0 Å². The van der Waals surface area contributed by atoms with Crippen molar-refractivity contribution < 1.29 is 27.6 Å². The largest absolute Gasteiger partial charge is 0.416 e. The van der Waals surface area contributed by atoms with Crippen LogP contribution in [0.1, 0.15) is 48.0 Å². The lowest BCUT2D eigenvalue weighted by Crippen LogP contribution is -2.61. The molecule has 2 aliphatic heterocycles. The molecular weight excluding hydrogens is 473 g/mol. The molecule has 5 rings (SSSR count). The molecule has 0 radical (unpaired) electrons. The predicted octanol–water partition coefficient (Wildman–Crippen LogP) is 4.49. The minimum absolute atomic E-state index is 0.0740. The third kappa shape index (κ3) is 4.76. The second-order valence-electron chi connectivity index (χ2n) is 9.57. The maximum Gasteiger partial charge on any atom is 0.416 e. The average molecular weight is 501 g/mol. The summed E-state index contributed by atoms with van der Waals surface area (Å²) in [6.45, 7) is 0.545. The summed E-state index contributed by atoms with van der Waals surface area (Å²) in [6.07, 6.45) is 0.736.